The summed E-state index contributed by atoms with van der Waals surface area (Å²) in [6, 6.07) is 0. The van der Waals surface area contributed by atoms with E-state index in [0.29, 0.717) is 5.41 Å². The molecule has 0 heterocycles. The first-order valence-electron chi connectivity index (χ1n) is 6.93. The van der Waals surface area contributed by atoms with E-state index < -0.39 is 0 Å². The van der Waals surface area contributed by atoms with Gasteiger partial charge >= 0.3 is 0 Å². The highest BCUT2D eigenvalue weighted by Crippen LogP contribution is 2.42. The third-order valence-electron chi connectivity index (χ3n) is 4.12. The molecular formula is C14H29N. The quantitative estimate of drug-likeness (QED) is 0.628. The monoisotopic (exact) mass is 211 g/mol. The van der Waals surface area contributed by atoms with Crippen molar-refractivity contribution in [2.75, 3.05) is 13.1 Å². The summed E-state index contributed by atoms with van der Waals surface area (Å²) < 4.78 is 0. The zero-order chi connectivity index (χ0) is 11.1. The molecule has 1 aliphatic rings. The molecule has 1 heteroatoms. The SMILES string of the molecule is CCCNCC(C)(CCC)C1CCCC1. The topological polar surface area (TPSA) is 12.0 Å². The Labute approximate surface area is 96.0 Å². The Hall–Kier alpha value is -0.0400. The summed E-state index contributed by atoms with van der Waals surface area (Å²) >= 11 is 0. The van der Waals surface area contributed by atoms with Crippen molar-refractivity contribution in [3.05, 3.63) is 0 Å². The fourth-order valence-corrected chi connectivity index (χ4v) is 3.18. The molecular weight excluding hydrogens is 182 g/mol. The molecule has 0 aromatic carbocycles. The lowest BCUT2D eigenvalue weighted by Crippen LogP contribution is -2.37. The summed E-state index contributed by atoms with van der Waals surface area (Å²) in [6.07, 6.45) is 9.88. The van der Waals surface area contributed by atoms with Crippen LogP contribution in [0.15, 0.2) is 0 Å². The van der Waals surface area contributed by atoms with Crippen molar-refractivity contribution in [2.45, 2.75) is 65.7 Å². The average molecular weight is 211 g/mol. The van der Waals surface area contributed by atoms with Crippen LogP contribution in [0.1, 0.15) is 65.7 Å². The summed E-state index contributed by atoms with van der Waals surface area (Å²) in [7, 11) is 0. The second-order valence-electron chi connectivity index (χ2n) is 5.56. The van der Waals surface area contributed by atoms with Crippen LogP contribution >= 0.6 is 0 Å². The average Bonchev–Trinajstić information content (AvgIpc) is 2.72. The van der Waals surface area contributed by atoms with Crippen LogP contribution < -0.4 is 5.32 Å². The highest BCUT2D eigenvalue weighted by atomic mass is 14.9. The summed E-state index contributed by atoms with van der Waals surface area (Å²) in [4.78, 5) is 0. The van der Waals surface area contributed by atoms with Gasteiger partial charge in [0.05, 0.1) is 0 Å². The van der Waals surface area contributed by atoms with Gasteiger partial charge in [0.25, 0.3) is 0 Å². The van der Waals surface area contributed by atoms with Gasteiger partial charge in [-0.25, -0.2) is 0 Å². The fourth-order valence-electron chi connectivity index (χ4n) is 3.18. The van der Waals surface area contributed by atoms with E-state index in [1.165, 1.54) is 58.0 Å². The lowest BCUT2D eigenvalue weighted by atomic mass is 9.73. The highest BCUT2D eigenvalue weighted by Gasteiger charge is 2.34. The van der Waals surface area contributed by atoms with Crippen LogP contribution in [0.2, 0.25) is 0 Å². The number of rotatable bonds is 7. The van der Waals surface area contributed by atoms with E-state index in [4.69, 9.17) is 0 Å². The zero-order valence-corrected chi connectivity index (χ0v) is 10.9. The van der Waals surface area contributed by atoms with Gasteiger partial charge in [-0.2, -0.15) is 0 Å². The molecule has 0 aliphatic heterocycles. The molecule has 1 unspecified atom stereocenters. The van der Waals surface area contributed by atoms with Crippen LogP contribution in [0.5, 0.6) is 0 Å². The molecule has 1 N–H and O–H groups in total. The number of nitrogens with one attached hydrogen (secondary N) is 1. The van der Waals surface area contributed by atoms with Crippen molar-refractivity contribution in [2.24, 2.45) is 11.3 Å². The Morgan fingerprint density at radius 1 is 1.13 bits per heavy atom. The minimum absolute atomic E-state index is 0.570. The van der Waals surface area contributed by atoms with E-state index in [1.807, 2.05) is 0 Å². The van der Waals surface area contributed by atoms with Gasteiger partial charge in [-0.05, 0) is 43.6 Å². The van der Waals surface area contributed by atoms with Crippen LogP contribution in [0.3, 0.4) is 0 Å². The van der Waals surface area contributed by atoms with Crippen molar-refractivity contribution < 1.29 is 0 Å². The number of hydrogen-bond acceptors (Lipinski definition) is 1. The van der Waals surface area contributed by atoms with Gasteiger partial charge in [0.1, 0.15) is 0 Å². The predicted molar refractivity (Wildman–Crippen MR) is 68.1 cm³/mol. The van der Waals surface area contributed by atoms with E-state index in [0.717, 1.165) is 5.92 Å². The van der Waals surface area contributed by atoms with Crippen molar-refractivity contribution >= 4 is 0 Å². The van der Waals surface area contributed by atoms with Crippen molar-refractivity contribution in [1.82, 2.24) is 5.32 Å². The smallest absolute Gasteiger partial charge is 0.000781 e. The van der Waals surface area contributed by atoms with Gasteiger partial charge in [0, 0.05) is 6.54 Å². The molecule has 1 aliphatic carbocycles. The Morgan fingerprint density at radius 2 is 1.80 bits per heavy atom. The third-order valence-corrected chi connectivity index (χ3v) is 4.12. The summed E-state index contributed by atoms with van der Waals surface area (Å²) in [5, 5.41) is 3.64. The molecule has 0 bridgehead atoms. The zero-order valence-electron chi connectivity index (χ0n) is 10.9. The molecule has 1 saturated carbocycles. The summed E-state index contributed by atoms with van der Waals surface area (Å²) in [5.41, 5.74) is 0.570. The highest BCUT2D eigenvalue weighted by molar-refractivity contribution is 4.87. The summed E-state index contributed by atoms with van der Waals surface area (Å²) in [5.74, 6) is 0.988. The minimum atomic E-state index is 0.570. The predicted octanol–water partition coefficient (Wildman–Crippen LogP) is 3.98. The van der Waals surface area contributed by atoms with E-state index in [9.17, 15) is 0 Å². The molecule has 0 saturated heterocycles. The molecule has 1 atom stereocenters. The first kappa shape index (κ1) is 13.0. The maximum atomic E-state index is 3.64. The Morgan fingerprint density at radius 3 is 2.33 bits per heavy atom. The second kappa shape index (κ2) is 6.52. The second-order valence-corrected chi connectivity index (χ2v) is 5.56. The normalized spacial score (nSPS) is 21.8. The Balaban J connectivity index is 2.43. The van der Waals surface area contributed by atoms with Crippen molar-refractivity contribution in [1.29, 1.82) is 0 Å². The van der Waals surface area contributed by atoms with Crippen LogP contribution in [-0.2, 0) is 0 Å². The van der Waals surface area contributed by atoms with Gasteiger partial charge in [-0.15, -0.1) is 0 Å². The maximum absolute atomic E-state index is 3.64. The first-order chi connectivity index (χ1) is 7.23. The minimum Gasteiger partial charge on any atom is -0.316 e. The molecule has 90 valence electrons. The molecule has 0 spiro atoms. The Kier molecular flexibility index (Phi) is 5.66. The lowest BCUT2D eigenvalue weighted by Gasteiger charge is -2.36. The first-order valence-corrected chi connectivity index (χ1v) is 6.93. The van der Waals surface area contributed by atoms with Crippen LogP contribution in [0, 0.1) is 11.3 Å². The van der Waals surface area contributed by atoms with Gasteiger partial charge in [-0.1, -0.05) is 40.0 Å². The van der Waals surface area contributed by atoms with Crippen molar-refractivity contribution in [3.8, 4) is 0 Å². The van der Waals surface area contributed by atoms with Crippen LogP contribution in [0.25, 0.3) is 0 Å². The standard InChI is InChI=1S/C14H29N/c1-4-10-14(3,12-15-11-5-2)13-8-6-7-9-13/h13,15H,4-12H2,1-3H3. The van der Waals surface area contributed by atoms with E-state index in [1.54, 1.807) is 0 Å². The fraction of sp³-hybridized carbons (Fsp3) is 1.00. The molecule has 0 aromatic heterocycles. The molecule has 0 aromatic rings. The number of hydrogen-bond donors (Lipinski definition) is 1. The third kappa shape index (κ3) is 3.79. The molecule has 1 fully saturated rings. The van der Waals surface area contributed by atoms with Gasteiger partial charge in [0.15, 0.2) is 0 Å². The van der Waals surface area contributed by atoms with E-state index >= 15 is 0 Å². The van der Waals surface area contributed by atoms with Gasteiger partial charge in [-0.3, -0.25) is 0 Å². The molecule has 0 amide bonds. The molecule has 1 nitrogen and oxygen atoms in total. The summed E-state index contributed by atoms with van der Waals surface area (Å²) in [6.45, 7) is 9.51. The Bertz CT molecular complexity index is 161. The maximum Gasteiger partial charge on any atom is 0.000781 e. The lowest BCUT2D eigenvalue weighted by molar-refractivity contribution is 0.164. The molecule has 0 radical (unpaired) electrons. The van der Waals surface area contributed by atoms with Gasteiger partial charge < -0.3 is 5.32 Å². The molecule has 1 rings (SSSR count). The van der Waals surface area contributed by atoms with E-state index in [-0.39, 0.29) is 0 Å². The van der Waals surface area contributed by atoms with Crippen molar-refractivity contribution in [3.63, 3.8) is 0 Å². The van der Waals surface area contributed by atoms with Gasteiger partial charge in [0.2, 0.25) is 0 Å². The molecule has 15 heavy (non-hydrogen) atoms. The van der Waals surface area contributed by atoms with E-state index in [2.05, 4.69) is 26.1 Å². The van der Waals surface area contributed by atoms with Crippen LogP contribution in [-0.4, -0.2) is 13.1 Å². The van der Waals surface area contributed by atoms with Crippen LogP contribution in [0.4, 0.5) is 0 Å². The largest absolute Gasteiger partial charge is 0.316 e.